The molecule has 1 aromatic heterocycles. The first-order valence-corrected chi connectivity index (χ1v) is 4.93. The van der Waals surface area contributed by atoms with Gasteiger partial charge in [0, 0.05) is 24.5 Å². The van der Waals surface area contributed by atoms with E-state index < -0.39 is 11.7 Å². The van der Waals surface area contributed by atoms with Crippen LogP contribution in [0.3, 0.4) is 0 Å². The Hall–Kier alpha value is -1.82. The third kappa shape index (κ3) is 2.16. The molecule has 17 heavy (non-hydrogen) atoms. The highest BCUT2D eigenvalue weighted by Crippen LogP contribution is 2.34. The number of alkyl halides is 3. The molecule has 0 saturated carbocycles. The molecule has 3 nitrogen and oxygen atoms in total. The highest BCUT2D eigenvalue weighted by Gasteiger charge is 2.33. The molecule has 0 bridgehead atoms. The van der Waals surface area contributed by atoms with Crippen molar-refractivity contribution < 1.29 is 13.2 Å². The van der Waals surface area contributed by atoms with Crippen LogP contribution in [0.5, 0.6) is 0 Å². The second kappa shape index (κ2) is 4.21. The molecule has 0 aliphatic rings. The summed E-state index contributed by atoms with van der Waals surface area (Å²) in [5, 5.41) is 3.91. The van der Waals surface area contributed by atoms with Crippen LogP contribution in [-0.2, 0) is 12.7 Å². The Bertz CT molecular complexity index is 503. The maximum absolute atomic E-state index is 12.8. The lowest BCUT2D eigenvalue weighted by Crippen LogP contribution is -2.15. The summed E-state index contributed by atoms with van der Waals surface area (Å²) < 4.78 is 39.7. The molecular weight excluding hydrogens is 231 g/mol. The van der Waals surface area contributed by atoms with Crippen LogP contribution in [0.25, 0.3) is 5.69 Å². The Morgan fingerprint density at radius 2 is 2.00 bits per heavy atom. The summed E-state index contributed by atoms with van der Waals surface area (Å²) in [5.74, 6) is 0. The van der Waals surface area contributed by atoms with Crippen molar-refractivity contribution in [3.8, 4) is 5.69 Å². The highest BCUT2D eigenvalue weighted by atomic mass is 19.4. The molecule has 0 saturated heterocycles. The Morgan fingerprint density at radius 1 is 1.24 bits per heavy atom. The number of hydrogen-bond donors (Lipinski definition) is 1. The van der Waals surface area contributed by atoms with Crippen LogP contribution >= 0.6 is 0 Å². The molecular formula is C11H10F3N3. The quantitative estimate of drug-likeness (QED) is 0.877. The Morgan fingerprint density at radius 3 is 2.53 bits per heavy atom. The zero-order valence-corrected chi connectivity index (χ0v) is 8.78. The molecule has 1 heterocycles. The van der Waals surface area contributed by atoms with Gasteiger partial charge in [0.2, 0.25) is 0 Å². The number of hydrogen-bond acceptors (Lipinski definition) is 2. The number of nitrogens with zero attached hydrogens (tertiary/aromatic N) is 2. The first-order valence-electron chi connectivity index (χ1n) is 4.93. The van der Waals surface area contributed by atoms with Crippen molar-refractivity contribution in [3.63, 3.8) is 0 Å². The van der Waals surface area contributed by atoms with E-state index in [1.165, 1.54) is 16.9 Å². The van der Waals surface area contributed by atoms with Crippen molar-refractivity contribution in [3.05, 3.63) is 47.8 Å². The second-order valence-corrected chi connectivity index (χ2v) is 3.46. The first-order chi connectivity index (χ1) is 8.04. The van der Waals surface area contributed by atoms with Gasteiger partial charge in [-0.3, -0.25) is 0 Å². The molecule has 0 radical (unpaired) electrons. The third-order valence-electron chi connectivity index (χ3n) is 2.41. The van der Waals surface area contributed by atoms with Gasteiger partial charge in [0.1, 0.15) is 0 Å². The van der Waals surface area contributed by atoms with Crippen molar-refractivity contribution in [1.29, 1.82) is 0 Å². The van der Waals surface area contributed by atoms with Crippen molar-refractivity contribution in [2.75, 3.05) is 0 Å². The number of halogens is 3. The fraction of sp³-hybridized carbons (Fsp3) is 0.182. The van der Waals surface area contributed by atoms with E-state index in [4.69, 9.17) is 5.73 Å². The zero-order valence-electron chi connectivity index (χ0n) is 8.78. The molecule has 90 valence electrons. The number of nitrogens with two attached hydrogens (primary N) is 1. The van der Waals surface area contributed by atoms with Crippen LogP contribution in [0, 0.1) is 0 Å². The Labute approximate surface area is 95.7 Å². The molecule has 2 aromatic rings. The van der Waals surface area contributed by atoms with Crippen LogP contribution in [0.1, 0.15) is 11.1 Å². The van der Waals surface area contributed by atoms with Gasteiger partial charge in [-0.25, -0.2) is 4.68 Å². The van der Waals surface area contributed by atoms with Crippen molar-refractivity contribution in [1.82, 2.24) is 9.78 Å². The van der Waals surface area contributed by atoms with E-state index in [1.54, 1.807) is 18.3 Å². The SMILES string of the molecule is NCc1c(-n2cccn2)cccc1C(F)(F)F. The minimum atomic E-state index is -4.40. The van der Waals surface area contributed by atoms with Crippen LogP contribution in [0.15, 0.2) is 36.7 Å². The van der Waals surface area contributed by atoms with Crippen molar-refractivity contribution in [2.24, 2.45) is 5.73 Å². The van der Waals surface area contributed by atoms with Gasteiger partial charge in [-0.05, 0) is 18.2 Å². The lowest BCUT2D eigenvalue weighted by Gasteiger charge is -2.15. The topological polar surface area (TPSA) is 43.8 Å². The lowest BCUT2D eigenvalue weighted by molar-refractivity contribution is -0.138. The number of aromatic nitrogens is 2. The van der Waals surface area contributed by atoms with E-state index in [1.807, 2.05) is 0 Å². The number of rotatable bonds is 2. The predicted octanol–water partition coefficient (Wildman–Crippen LogP) is 2.35. The average Bonchev–Trinajstić information content (AvgIpc) is 2.80. The van der Waals surface area contributed by atoms with Gasteiger partial charge >= 0.3 is 6.18 Å². The predicted molar refractivity (Wildman–Crippen MR) is 56.5 cm³/mol. The number of benzene rings is 1. The summed E-state index contributed by atoms with van der Waals surface area (Å²) in [6.45, 7) is -0.190. The van der Waals surface area contributed by atoms with Gasteiger partial charge in [0.05, 0.1) is 11.3 Å². The van der Waals surface area contributed by atoms with Crippen LogP contribution < -0.4 is 5.73 Å². The Balaban J connectivity index is 2.62. The van der Waals surface area contributed by atoms with Crippen molar-refractivity contribution in [2.45, 2.75) is 12.7 Å². The summed E-state index contributed by atoms with van der Waals surface area (Å²) >= 11 is 0. The molecule has 2 rings (SSSR count). The normalized spacial score (nSPS) is 11.8. The molecule has 0 aliphatic carbocycles. The Kier molecular flexibility index (Phi) is 2.89. The monoisotopic (exact) mass is 241 g/mol. The largest absolute Gasteiger partial charge is 0.416 e. The van der Waals surface area contributed by atoms with E-state index in [0.717, 1.165) is 6.07 Å². The minimum absolute atomic E-state index is 0.0451. The summed E-state index contributed by atoms with van der Waals surface area (Å²) in [5.41, 5.74) is 5.10. The molecule has 0 amide bonds. The van der Waals surface area contributed by atoms with Crippen LogP contribution in [0.4, 0.5) is 13.2 Å². The van der Waals surface area contributed by atoms with Gasteiger partial charge in [-0.2, -0.15) is 18.3 Å². The van der Waals surface area contributed by atoms with E-state index in [2.05, 4.69) is 5.10 Å². The highest BCUT2D eigenvalue weighted by molar-refractivity contribution is 5.46. The fourth-order valence-corrected chi connectivity index (χ4v) is 1.68. The molecule has 6 heteroatoms. The molecule has 1 aromatic carbocycles. The summed E-state index contributed by atoms with van der Waals surface area (Å²) in [4.78, 5) is 0. The molecule has 0 aliphatic heterocycles. The van der Waals surface area contributed by atoms with Gasteiger partial charge in [0.25, 0.3) is 0 Å². The summed E-state index contributed by atoms with van der Waals surface area (Å²) in [6.07, 6.45) is -1.33. The minimum Gasteiger partial charge on any atom is -0.326 e. The van der Waals surface area contributed by atoms with Crippen LogP contribution in [-0.4, -0.2) is 9.78 Å². The lowest BCUT2D eigenvalue weighted by atomic mass is 10.0. The third-order valence-corrected chi connectivity index (χ3v) is 2.41. The summed E-state index contributed by atoms with van der Waals surface area (Å²) in [7, 11) is 0. The van der Waals surface area contributed by atoms with Gasteiger partial charge in [-0.1, -0.05) is 6.07 Å². The first kappa shape index (κ1) is 11.7. The van der Waals surface area contributed by atoms with Crippen molar-refractivity contribution >= 4 is 0 Å². The molecule has 0 atom stereocenters. The van der Waals surface area contributed by atoms with Crippen LogP contribution in [0.2, 0.25) is 0 Å². The van der Waals surface area contributed by atoms with Gasteiger partial charge < -0.3 is 5.73 Å². The zero-order chi connectivity index (χ0) is 12.5. The average molecular weight is 241 g/mol. The van der Waals surface area contributed by atoms with Gasteiger partial charge in [0.15, 0.2) is 0 Å². The molecule has 0 unspecified atom stereocenters. The van der Waals surface area contributed by atoms with E-state index in [-0.39, 0.29) is 12.1 Å². The second-order valence-electron chi connectivity index (χ2n) is 3.46. The molecule has 0 spiro atoms. The summed E-state index contributed by atoms with van der Waals surface area (Å²) in [6, 6.07) is 5.57. The standard InChI is InChI=1S/C11H10F3N3/c12-11(13,14)9-3-1-4-10(8(9)7-15)17-6-2-5-16-17/h1-6H,7,15H2. The molecule has 0 fully saturated rings. The maximum atomic E-state index is 12.8. The van der Waals surface area contributed by atoms with E-state index in [9.17, 15) is 13.2 Å². The smallest absolute Gasteiger partial charge is 0.326 e. The van der Waals surface area contributed by atoms with E-state index in [0.29, 0.717) is 5.69 Å². The van der Waals surface area contributed by atoms with Gasteiger partial charge in [-0.15, -0.1) is 0 Å². The van der Waals surface area contributed by atoms with E-state index >= 15 is 0 Å². The maximum Gasteiger partial charge on any atom is 0.416 e. The fourth-order valence-electron chi connectivity index (χ4n) is 1.68. The molecule has 2 N–H and O–H groups in total.